The molecular formula is C17H16BrClN2O3. The predicted octanol–water partition coefficient (Wildman–Crippen LogP) is 4.03. The molecule has 0 heterocycles. The largest absolute Gasteiger partial charge is 0.497 e. The van der Waals surface area contributed by atoms with Crippen molar-refractivity contribution in [2.75, 3.05) is 7.11 Å². The molecule has 24 heavy (non-hydrogen) atoms. The van der Waals surface area contributed by atoms with E-state index in [9.17, 15) is 4.79 Å². The van der Waals surface area contributed by atoms with Gasteiger partial charge in [-0.25, -0.2) is 5.43 Å². The van der Waals surface area contributed by atoms with Gasteiger partial charge < -0.3 is 9.47 Å². The second-order valence-electron chi connectivity index (χ2n) is 4.84. The van der Waals surface area contributed by atoms with Crippen LogP contribution in [0.3, 0.4) is 0 Å². The summed E-state index contributed by atoms with van der Waals surface area (Å²) in [4.78, 5) is 12.0. The molecule has 1 N–H and O–H groups in total. The van der Waals surface area contributed by atoms with Crippen LogP contribution in [-0.4, -0.2) is 25.3 Å². The second kappa shape index (κ2) is 8.70. The number of amides is 1. The summed E-state index contributed by atoms with van der Waals surface area (Å²) in [5.74, 6) is 0.896. The standard InChI is InChI=1S/C17H16BrClN2O3/c1-11(24-14-5-3-13(19)4-6-14)17(22)21-20-10-12-9-15(23-2)7-8-16(12)18/h3-11H,1-2H3,(H,21,22)/b20-10-/t11-/m0/s1. The van der Waals surface area contributed by atoms with Crippen molar-refractivity contribution in [3.63, 3.8) is 0 Å². The van der Waals surface area contributed by atoms with Crippen LogP contribution in [0.1, 0.15) is 12.5 Å². The first-order chi connectivity index (χ1) is 11.5. The zero-order valence-corrected chi connectivity index (χ0v) is 15.5. The number of benzene rings is 2. The van der Waals surface area contributed by atoms with Gasteiger partial charge in [0.2, 0.25) is 0 Å². The fourth-order valence-corrected chi connectivity index (χ4v) is 2.25. The lowest BCUT2D eigenvalue weighted by molar-refractivity contribution is -0.127. The zero-order chi connectivity index (χ0) is 17.5. The average Bonchev–Trinajstić information content (AvgIpc) is 2.58. The average molecular weight is 412 g/mol. The molecule has 0 unspecified atom stereocenters. The summed E-state index contributed by atoms with van der Waals surface area (Å²) in [6.45, 7) is 1.64. The van der Waals surface area contributed by atoms with Crippen LogP contribution in [0.25, 0.3) is 0 Å². The van der Waals surface area contributed by atoms with Gasteiger partial charge in [-0.1, -0.05) is 27.5 Å². The van der Waals surface area contributed by atoms with Crippen molar-refractivity contribution in [2.24, 2.45) is 5.10 Å². The summed E-state index contributed by atoms with van der Waals surface area (Å²) in [5.41, 5.74) is 3.22. The Bertz CT molecular complexity index is 735. The summed E-state index contributed by atoms with van der Waals surface area (Å²) >= 11 is 9.22. The van der Waals surface area contributed by atoms with Crippen LogP contribution < -0.4 is 14.9 Å². The van der Waals surface area contributed by atoms with Crippen molar-refractivity contribution >= 4 is 39.7 Å². The number of carbonyl (C=O) groups excluding carboxylic acids is 1. The fraction of sp³-hybridized carbons (Fsp3) is 0.176. The molecule has 0 aromatic heterocycles. The van der Waals surface area contributed by atoms with Crippen LogP contribution >= 0.6 is 27.5 Å². The highest BCUT2D eigenvalue weighted by molar-refractivity contribution is 9.10. The molecule has 0 saturated heterocycles. The van der Waals surface area contributed by atoms with Gasteiger partial charge in [-0.05, 0) is 49.4 Å². The normalized spacial score (nSPS) is 12.0. The number of carbonyl (C=O) groups is 1. The molecule has 0 spiro atoms. The van der Waals surface area contributed by atoms with Crippen molar-refractivity contribution < 1.29 is 14.3 Å². The van der Waals surface area contributed by atoms with Gasteiger partial charge in [-0.2, -0.15) is 5.10 Å². The molecule has 126 valence electrons. The van der Waals surface area contributed by atoms with E-state index in [1.807, 2.05) is 12.1 Å². The molecular weight excluding hydrogens is 396 g/mol. The summed E-state index contributed by atoms with van der Waals surface area (Å²) in [6.07, 6.45) is 0.830. The van der Waals surface area contributed by atoms with Gasteiger partial charge in [-0.3, -0.25) is 4.79 Å². The molecule has 2 aromatic rings. The summed E-state index contributed by atoms with van der Waals surface area (Å²) in [6, 6.07) is 12.2. The summed E-state index contributed by atoms with van der Waals surface area (Å²) in [7, 11) is 1.59. The number of rotatable bonds is 6. The Labute approximate surface area is 153 Å². The monoisotopic (exact) mass is 410 g/mol. The van der Waals surface area contributed by atoms with Gasteiger partial charge in [0.1, 0.15) is 11.5 Å². The molecule has 0 aliphatic rings. The first-order valence-electron chi connectivity index (χ1n) is 7.08. The van der Waals surface area contributed by atoms with Gasteiger partial charge in [-0.15, -0.1) is 0 Å². The highest BCUT2D eigenvalue weighted by Gasteiger charge is 2.13. The SMILES string of the molecule is COc1ccc(Br)c(/C=N\NC(=O)[C@H](C)Oc2ccc(Cl)cc2)c1. The Kier molecular flexibility index (Phi) is 6.63. The van der Waals surface area contributed by atoms with Gasteiger partial charge in [0.25, 0.3) is 5.91 Å². The quantitative estimate of drug-likeness (QED) is 0.577. The van der Waals surface area contributed by atoms with Gasteiger partial charge in [0.05, 0.1) is 13.3 Å². The molecule has 0 radical (unpaired) electrons. The van der Waals surface area contributed by atoms with Gasteiger partial charge in [0.15, 0.2) is 6.10 Å². The van der Waals surface area contributed by atoms with E-state index >= 15 is 0 Å². The van der Waals surface area contributed by atoms with Crippen molar-refractivity contribution in [1.29, 1.82) is 0 Å². The maximum atomic E-state index is 12.0. The lowest BCUT2D eigenvalue weighted by Gasteiger charge is -2.12. The van der Waals surface area contributed by atoms with Crippen molar-refractivity contribution in [2.45, 2.75) is 13.0 Å². The number of halogens is 2. The number of ether oxygens (including phenoxy) is 2. The Hall–Kier alpha value is -2.05. The van der Waals surface area contributed by atoms with Crippen LogP contribution in [-0.2, 0) is 4.79 Å². The topological polar surface area (TPSA) is 59.9 Å². The number of methoxy groups -OCH3 is 1. The smallest absolute Gasteiger partial charge is 0.280 e. The number of hydrogen-bond acceptors (Lipinski definition) is 4. The first kappa shape index (κ1) is 18.3. The Morgan fingerprint density at radius 1 is 1.25 bits per heavy atom. The first-order valence-corrected chi connectivity index (χ1v) is 8.25. The molecule has 7 heteroatoms. The van der Waals surface area contributed by atoms with E-state index in [1.165, 1.54) is 6.21 Å². The minimum Gasteiger partial charge on any atom is -0.497 e. The van der Waals surface area contributed by atoms with Crippen LogP contribution in [0.2, 0.25) is 5.02 Å². The number of hydrogen-bond donors (Lipinski definition) is 1. The van der Waals surface area contributed by atoms with Gasteiger partial charge >= 0.3 is 0 Å². The van der Waals surface area contributed by atoms with Crippen molar-refractivity contribution in [3.8, 4) is 11.5 Å². The van der Waals surface area contributed by atoms with E-state index in [0.717, 1.165) is 10.0 Å². The zero-order valence-electron chi connectivity index (χ0n) is 13.1. The Morgan fingerprint density at radius 3 is 2.58 bits per heavy atom. The molecule has 0 fully saturated rings. The van der Waals surface area contributed by atoms with E-state index in [-0.39, 0.29) is 5.91 Å². The number of nitrogens with zero attached hydrogens (tertiary/aromatic N) is 1. The Morgan fingerprint density at radius 2 is 1.92 bits per heavy atom. The molecule has 0 saturated carbocycles. The molecule has 0 bridgehead atoms. The minimum absolute atomic E-state index is 0.361. The molecule has 2 rings (SSSR count). The summed E-state index contributed by atoms with van der Waals surface area (Å²) in [5, 5.41) is 4.55. The molecule has 1 atom stereocenters. The lowest BCUT2D eigenvalue weighted by atomic mass is 10.2. The molecule has 5 nitrogen and oxygen atoms in total. The lowest BCUT2D eigenvalue weighted by Crippen LogP contribution is -2.33. The predicted molar refractivity (Wildman–Crippen MR) is 98.0 cm³/mol. The third-order valence-electron chi connectivity index (χ3n) is 3.08. The van der Waals surface area contributed by atoms with E-state index < -0.39 is 6.10 Å². The maximum absolute atomic E-state index is 12.0. The number of hydrazone groups is 1. The highest BCUT2D eigenvalue weighted by atomic mass is 79.9. The van der Waals surface area contributed by atoms with E-state index in [0.29, 0.717) is 16.5 Å². The maximum Gasteiger partial charge on any atom is 0.280 e. The third-order valence-corrected chi connectivity index (χ3v) is 4.05. The van der Waals surface area contributed by atoms with Crippen LogP contribution in [0.4, 0.5) is 0 Å². The molecule has 0 aliphatic heterocycles. The van der Waals surface area contributed by atoms with E-state index in [4.69, 9.17) is 21.1 Å². The fourth-order valence-electron chi connectivity index (χ4n) is 1.77. The highest BCUT2D eigenvalue weighted by Crippen LogP contribution is 2.21. The Balaban J connectivity index is 1.93. The summed E-state index contributed by atoms with van der Waals surface area (Å²) < 4.78 is 11.5. The van der Waals surface area contributed by atoms with Crippen molar-refractivity contribution in [3.05, 3.63) is 57.5 Å². The van der Waals surface area contributed by atoms with Crippen LogP contribution in [0.5, 0.6) is 11.5 Å². The molecule has 1 amide bonds. The number of nitrogens with one attached hydrogen (secondary N) is 1. The van der Waals surface area contributed by atoms with E-state index in [1.54, 1.807) is 44.4 Å². The third kappa shape index (κ3) is 5.25. The molecule has 0 aliphatic carbocycles. The van der Waals surface area contributed by atoms with Gasteiger partial charge in [0, 0.05) is 15.1 Å². The minimum atomic E-state index is -0.697. The second-order valence-corrected chi connectivity index (χ2v) is 6.13. The van der Waals surface area contributed by atoms with E-state index in [2.05, 4.69) is 26.5 Å². The van der Waals surface area contributed by atoms with Crippen LogP contribution in [0.15, 0.2) is 52.0 Å². The molecule has 2 aromatic carbocycles. The van der Waals surface area contributed by atoms with Crippen molar-refractivity contribution in [1.82, 2.24) is 5.43 Å². The van der Waals surface area contributed by atoms with Crippen LogP contribution in [0, 0.1) is 0 Å².